The van der Waals surface area contributed by atoms with Crippen molar-refractivity contribution in [3.8, 4) is 0 Å². The van der Waals surface area contributed by atoms with Crippen LogP contribution in [0.25, 0.3) is 0 Å². The summed E-state index contributed by atoms with van der Waals surface area (Å²) in [5, 5.41) is 9.02. The Morgan fingerprint density at radius 3 is 2.62 bits per heavy atom. The van der Waals surface area contributed by atoms with Gasteiger partial charge in [-0.3, -0.25) is 0 Å². The van der Waals surface area contributed by atoms with Gasteiger partial charge in [0.1, 0.15) is 0 Å². The third kappa shape index (κ3) is 3.41. The largest absolute Gasteiger partial charge is 0.398 e. The predicted octanol–water partition coefficient (Wildman–Crippen LogP) is 2.27. The van der Waals surface area contributed by atoms with E-state index >= 15 is 0 Å². The van der Waals surface area contributed by atoms with Gasteiger partial charge in [0, 0.05) is 29.4 Å². The van der Waals surface area contributed by atoms with Gasteiger partial charge in [-0.1, -0.05) is 22.4 Å². The molecule has 1 saturated carbocycles. The number of benzene rings is 1. The van der Waals surface area contributed by atoms with Crippen LogP contribution in [0, 0.1) is 6.92 Å². The third-order valence-corrected chi connectivity index (χ3v) is 6.51. The summed E-state index contributed by atoms with van der Waals surface area (Å²) in [5.41, 5.74) is 6.92. The van der Waals surface area contributed by atoms with Gasteiger partial charge in [0.25, 0.3) is 0 Å². The van der Waals surface area contributed by atoms with Crippen LogP contribution in [-0.2, 0) is 10.0 Å². The average Bonchev–Trinajstić information content (AvgIpc) is 2.36. The summed E-state index contributed by atoms with van der Waals surface area (Å²) in [6, 6.07) is 3.35. The van der Waals surface area contributed by atoms with E-state index in [-0.39, 0.29) is 17.5 Å². The topological polar surface area (TPSA) is 83.6 Å². The molecule has 1 aliphatic rings. The molecule has 0 heterocycles. The van der Waals surface area contributed by atoms with Crippen molar-refractivity contribution >= 4 is 31.6 Å². The Morgan fingerprint density at radius 1 is 1.43 bits per heavy atom. The number of hydrogen-bond acceptors (Lipinski definition) is 4. The van der Waals surface area contributed by atoms with Crippen LogP contribution in [0.4, 0.5) is 5.69 Å². The molecule has 0 spiro atoms. The van der Waals surface area contributed by atoms with Crippen molar-refractivity contribution in [2.75, 3.05) is 18.9 Å². The zero-order valence-electron chi connectivity index (χ0n) is 12.0. The minimum Gasteiger partial charge on any atom is -0.398 e. The second kappa shape index (κ2) is 6.64. The standard InChI is InChI=1S/C14H21BrN2O3S/c1-10-13(16)8-11(15)9-14(10)21(19,20)17(6-3-7-18)12-4-2-5-12/h8-9,12,18H,2-7,16H2,1H3. The fourth-order valence-electron chi connectivity index (χ4n) is 2.47. The van der Waals surface area contributed by atoms with Gasteiger partial charge in [-0.25, -0.2) is 8.42 Å². The molecule has 0 bridgehead atoms. The number of sulfonamides is 1. The summed E-state index contributed by atoms with van der Waals surface area (Å²) in [6.07, 6.45) is 3.26. The van der Waals surface area contributed by atoms with Crippen molar-refractivity contribution in [1.82, 2.24) is 4.31 Å². The average molecular weight is 377 g/mol. The van der Waals surface area contributed by atoms with Crippen molar-refractivity contribution in [2.45, 2.75) is 43.5 Å². The van der Waals surface area contributed by atoms with E-state index in [9.17, 15) is 8.42 Å². The van der Waals surface area contributed by atoms with Crippen molar-refractivity contribution in [3.63, 3.8) is 0 Å². The van der Waals surface area contributed by atoms with Gasteiger partial charge < -0.3 is 10.8 Å². The van der Waals surface area contributed by atoms with Gasteiger partial charge in [-0.2, -0.15) is 4.31 Å². The quantitative estimate of drug-likeness (QED) is 0.745. The highest BCUT2D eigenvalue weighted by molar-refractivity contribution is 9.10. The minimum atomic E-state index is -3.60. The molecule has 21 heavy (non-hydrogen) atoms. The Kier molecular flexibility index (Phi) is 5.29. The zero-order chi connectivity index (χ0) is 15.6. The van der Waals surface area contributed by atoms with Crippen molar-refractivity contribution in [2.24, 2.45) is 0 Å². The summed E-state index contributed by atoms with van der Waals surface area (Å²) in [5.74, 6) is 0. The molecule has 118 valence electrons. The first-order chi connectivity index (χ1) is 9.87. The van der Waals surface area contributed by atoms with Crippen LogP contribution in [0.3, 0.4) is 0 Å². The van der Waals surface area contributed by atoms with E-state index in [1.807, 2.05) is 0 Å². The highest BCUT2D eigenvalue weighted by Crippen LogP contribution is 2.33. The lowest BCUT2D eigenvalue weighted by atomic mass is 9.93. The maximum absolute atomic E-state index is 13.0. The second-order valence-electron chi connectivity index (χ2n) is 5.40. The molecule has 0 saturated heterocycles. The number of nitrogen functional groups attached to an aromatic ring is 1. The molecule has 1 fully saturated rings. The molecule has 1 aliphatic carbocycles. The van der Waals surface area contributed by atoms with E-state index in [0.29, 0.717) is 28.7 Å². The van der Waals surface area contributed by atoms with Crippen LogP contribution in [0.5, 0.6) is 0 Å². The van der Waals surface area contributed by atoms with E-state index in [4.69, 9.17) is 10.8 Å². The number of rotatable bonds is 6. The van der Waals surface area contributed by atoms with E-state index in [1.54, 1.807) is 19.1 Å². The number of hydrogen-bond donors (Lipinski definition) is 2. The zero-order valence-corrected chi connectivity index (χ0v) is 14.5. The summed E-state index contributed by atoms with van der Waals surface area (Å²) in [6.45, 7) is 2.05. The van der Waals surface area contributed by atoms with Gasteiger partial charge in [-0.05, 0) is 43.9 Å². The monoisotopic (exact) mass is 376 g/mol. The summed E-state index contributed by atoms with van der Waals surface area (Å²) < 4.78 is 28.1. The Labute approximate surface area is 134 Å². The van der Waals surface area contributed by atoms with Crippen LogP contribution in [0.15, 0.2) is 21.5 Å². The Morgan fingerprint density at radius 2 is 2.10 bits per heavy atom. The first kappa shape index (κ1) is 16.7. The van der Waals surface area contributed by atoms with E-state index in [2.05, 4.69) is 15.9 Å². The molecule has 1 aromatic carbocycles. The SMILES string of the molecule is Cc1c(N)cc(Br)cc1S(=O)(=O)N(CCCO)C1CCC1. The summed E-state index contributed by atoms with van der Waals surface area (Å²) >= 11 is 3.31. The first-order valence-electron chi connectivity index (χ1n) is 7.06. The maximum atomic E-state index is 13.0. The van der Waals surface area contributed by atoms with Crippen LogP contribution in [0.2, 0.25) is 0 Å². The smallest absolute Gasteiger partial charge is 0.243 e. The normalized spacial score (nSPS) is 16.2. The van der Waals surface area contributed by atoms with Crippen LogP contribution in [0.1, 0.15) is 31.2 Å². The van der Waals surface area contributed by atoms with Crippen molar-refractivity contribution in [1.29, 1.82) is 0 Å². The molecular formula is C14H21BrN2O3S. The Bertz CT molecular complexity index is 615. The molecular weight excluding hydrogens is 356 g/mol. The molecule has 3 N–H and O–H groups in total. The predicted molar refractivity (Wildman–Crippen MR) is 86.5 cm³/mol. The molecule has 1 aromatic rings. The molecule has 0 unspecified atom stereocenters. The lowest BCUT2D eigenvalue weighted by molar-refractivity contribution is 0.198. The summed E-state index contributed by atoms with van der Waals surface area (Å²) in [4.78, 5) is 0.249. The number of anilines is 1. The Hall–Kier alpha value is -0.630. The first-order valence-corrected chi connectivity index (χ1v) is 9.29. The van der Waals surface area contributed by atoms with E-state index in [1.165, 1.54) is 4.31 Å². The molecule has 0 radical (unpaired) electrons. The van der Waals surface area contributed by atoms with Crippen LogP contribution in [-0.4, -0.2) is 37.0 Å². The third-order valence-electron chi connectivity index (χ3n) is 3.97. The number of halogens is 1. The molecule has 5 nitrogen and oxygen atoms in total. The molecule has 0 aliphatic heterocycles. The number of nitrogens with two attached hydrogens (primary N) is 1. The lowest BCUT2D eigenvalue weighted by Gasteiger charge is -2.36. The van der Waals surface area contributed by atoms with Crippen molar-refractivity contribution in [3.05, 3.63) is 22.2 Å². The van der Waals surface area contributed by atoms with E-state index in [0.717, 1.165) is 19.3 Å². The van der Waals surface area contributed by atoms with Crippen LogP contribution < -0.4 is 5.73 Å². The molecule has 0 amide bonds. The minimum absolute atomic E-state index is 0.0155. The van der Waals surface area contributed by atoms with Crippen LogP contribution >= 0.6 is 15.9 Å². The molecule has 0 atom stereocenters. The van der Waals surface area contributed by atoms with Gasteiger partial charge >= 0.3 is 0 Å². The highest BCUT2D eigenvalue weighted by Gasteiger charge is 2.35. The molecule has 0 aromatic heterocycles. The van der Waals surface area contributed by atoms with Gasteiger partial charge in [-0.15, -0.1) is 0 Å². The lowest BCUT2D eigenvalue weighted by Crippen LogP contribution is -2.45. The van der Waals surface area contributed by atoms with E-state index < -0.39 is 10.0 Å². The van der Waals surface area contributed by atoms with Gasteiger partial charge in [0.05, 0.1) is 4.90 Å². The maximum Gasteiger partial charge on any atom is 0.243 e. The van der Waals surface area contributed by atoms with Crippen molar-refractivity contribution < 1.29 is 13.5 Å². The molecule has 7 heteroatoms. The molecule has 2 rings (SSSR count). The Balaban J connectivity index is 2.42. The highest BCUT2D eigenvalue weighted by atomic mass is 79.9. The fourth-order valence-corrected chi connectivity index (χ4v) is 5.10. The fraction of sp³-hybridized carbons (Fsp3) is 0.571. The summed E-state index contributed by atoms with van der Waals surface area (Å²) in [7, 11) is -3.60. The number of aliphatic hydroxyl groups excluding tert-OH is 1. The second-order valence-corrected chi connectivity index (χ2v) is 8.17. The van der Waals surface area contributed by atoms with Gasteiger partial charge in [0.2, 0.25) is 10.0 Å². The van der Waals surface area contributed by atoms with Gasteiger partial charge in [0.15, 0.2) is 0 Å². The number of nitrogens with zero attached hydrogens (tertiary/aromatic N) is 1. The number of aliphatic hydroxyl groups is 1.